The Kier molecular flexibility index (Phi) is 3.74. The molecule has 3 rings (SSSR count). The number of hydrogen-bond donors (Lipinski definition) is 2. The Morgan fingerprint density at radius 1 is 1.14 bits per heavy atom. The van der Waals surface area contributed by atoms with Crippen molar-refractivity contribution >= 4 is 33.3 Å². The molecule has 1 heterocycles. The maximum absolute atomic E-state index is 6.05. The second-order valence-electron chi connectivity index (χ2n) is 4.86. The van der Waals surface area contributed by atoms with Crippen LogP contribution in [0.4, 0.5) is 5.82 Å². The SMILES string of the molecule is Cc1cccc(-c2c(N)n[nH]c2-c2ccc(Cl)c(Br)c2)c1. The van der Waals surface area contributed by atoms with Gasteiger partial charge >= 0.3 is 0 Å². The van der Waals surface area contributed by atoms with Crippen LogP contribution >= 0.6 is 27.5 Å². The predicted molar refractivity (Wildman–Crippen MR) is 91.3 cm³/mol. The first-order valence-corrected chi connectivity index (χ1v) is 7.59. The number of nitrogens with zero attached hydrogens (tertiary/aromatic N) is 1. The first kappa shape index (κ1) is 14.2. The summed E-state index contributed by atoms with van der Waals surface area (Å²) in [4.78, 5) is 0. The number of rotatable bonds is 2. The van der Waals surface area contributed by atoms with Crippen LogP contribution in [0.3, 0.4) is 0 Å². The molecule has 2 aromatic carbocycles. The highest BCUT2D eigenvalue weighted by Crippen LogP contribution is 2.37. The summed E-state index contributed by atoms with van der Waals surface area (Å²) in [5.74, 6) is 0.488. The molecule has 0 saturated heterocycles. The fraction of sp³-hybridized carbons (Fsp3) is 0.0625. The van der Waals surface area contributed by atoms with Gasteiger partial charge in [-0.15, -0.1) is 0 Å². The van der Waals surface area contributed by atoms with Gasteiger partial charge in [0.25, 0.3) is 0 Å². The number of anilines is 1. The second kappa shape index (κ2) is 5.54. The minimum Gasteiger partial charge on any atom is -0.382 e. The molecular formula is C16H13BrClN3. The summed E-state index contributed by atoms with van der Waals surface area (Å²) in [5, 5.41) is 7.84. The molecule has 3 N–H and O–H groups in total. The molecule has 1 aromatic heterocycles. The lowest BCUT2D eigenvalue weighted by molar-refractivity contribution is 1.10. The highest BCUT2D eigenvalue weighted by Gasteiger charge is 2.15. The number of benzene rings is 2. The van der Waals surface area contributed by atoms with E-state index in [1.807, 2.05) is 30.3 Å². The third-order valence-electron chi connectivity index (χ3n) is 3.31. The van der Waals surface area contributed by atoms with Crippen molar-refractivity contribution in [2.45, 2.75) is 6.92 Å². The van der Waals surface area contributed by atoms with Crippen molar-refractivity contribution in [3.63, 3.8) is 0 Å². The average Bonchev–Trinajstić information content (AvgIpc) is 2.84. The van der Waals surface area contributed by atoms with Crippen LogP contribution in [0.2, 0.25) is 5.02 Å². The maximum atomic E-state index is 6.05. The van der Waals surface area contributed by atoms with Crippen molar-refractivity contribution in [2.75, 3.05) is 5.73 Å². The van der Waals surface area contributed by atoms with E-state index in [1.165, 1.54) is 5.56 Å². The Balaban J connectivity index is 2.19. The van der Waals surface area contributed by atoms with Crippen LogP contribution in [-0.4, -0.2) is 10.2 Å². The number of H-pyrrole nitrogens is 1. The molecule has 5 heteroatoms. The molecule has 106 valence electrons. The van der Waals surface area contributed by atoms with Crippen molar-refractivity contribution in [1.29, 1.82) is 0 Å². The van der Waals surface area contributed by atoms with Gasteiger partial charge in [0.1, 0.15) is 0 Å². The summed E-state index contributed by atoms with van der Waals surface area (Å²) in [6.45, 7) is 2.05. The maximum Gasteiger partial charge on any atom is 0.153 e. The van der Waals surface area contributed by atoms with E-state index in [2.05, 4.69) is 45.2 Å². The molecule has 0 aliphatic rings. The van der Waals surface area contributed by atoms with E-state index < -0.39 is 0 Å². The van der Waals surface area contributed by atoms with Gasteiger partial charge in [0.2, 0.25) is 0 Å². The van der Waals surface area contributed by atoms with Crippen molar-refractivity contribution in [2.24, 2.45) is 0 Å². The van der Waals surface area contributed by atoms with Crippen molar-refractivity contribution in [3.05, 3.63) is 57.5 Å². The number of aryl methyl sites for hydroxylation is 1. The van der Waals surface area contributed by atoms with Gasteiger partial charge < -0.3 is 5.73 Å². The zero-order valence-electron chi connectivity index (χ0n) is 11.3. The third kappa shape index (κ3) is 2.69. The lowest BCUT2D eigenvalue weighted by atomic mass is 9.99. The number of hydrogen-bond acceptors (Lipinski definition) is 2. The zero-order chi connectivity index (χ0) is 15.0. The first-order valence-electron chi connectivity index (χ1n) is 6.42. The fourth-order valence-electron chi connectivity index (χ4n) is 2.31. The highest BCUT2D eigenvalue weighted by atomic mass is 79.9. The summed E-state index contributed by atoms with van der Waals surface area (Å²) in [6.07, 6.45) is 0. The van der Waals surface area contributed by atoms with Gasteiger partial charge in [-0.3, -0.25) is 5.10 Å². The number of nitrogens with two attached hydrogens (primary N) is 1. The largest absolute Gasteiger partial charge is 0.382 e. The molecular weight excluding hydrogens is 350 g/mol. The molecule has 0 unspecified atom stereocenters. The number of aromatic nitrogens is 2. The second-order valence-corrected chi connectivity index (χ2v) is 6.12. The van der Waals surface area contributed by atoms with Gasteiger partial charge in [0, 0.05) is 10.0 Å². The van der Waals surface area contributed by atoms with E-state index in [4.69, 9.17) is 17.3 Å². The average molecular weight is 363 g/mol. The highest BCUT2D eigenvalue weighted by molar-refractivity contribution is 9.10. The molecule has 0 aliphatic heterocycles. The lowest BCUT2D eigenvalue weighted by Crippen LogP contribution is -1.89. The van der Waals surface area contributed by atoms with E-state index >= 15 is 0 Å². The van der Waals surface area contributed by atoms with Gasteiger partial charge in [-0.25, -0.2) is 0 Å². The summed E-state index contributed by atoms with van der Waals surface area (Å²) in [7, 11) is 0. The number of nitrogens with one attached hydrogen (secondary N) is 1. The minimum atomic E-state index is 0.488. The Labute approximate surface area is 136 Å². The van der Waals surface area contributed by atoms with E-state index in [0.717, 1.165) is 26.9 Å². The Bertz CT molecular complexity index is 811. The van der Waals surface area contributed by atoms with Crippen LogP contribution in [0.1, 0.15) is 5.56 Å². The summed E-state index contributed by atoms with van der Waals surface area (Å²) >= 11 is 9.50. The van der Waals surface area contributed by atoms with Crippen LogP contribution in [0.15, 0.2) is 46.9 Å². The van der Waals surface area contributed by atoms with Crippen LogP contribution in [-0.2, 0) is 0 Å². The summed E-state index contributed by atoms with van der Waals surface area (Å²) in [6, 6.07) is 13.9. The lowest BCUT2D eigenvalue weighted by Gasteiger charge is -2.07. The predicted octanol–water partition coefficient (Wildman–Crippen LogP) is 5.05. The van der Waals surface area contributed by atoms with E-state index in [0.29, 0.717) is 10.8 Å². The van der Waals surface area contributed by atoms with Crippen LogP contribution in [0, 0.1) is 6.92 Å². The van der Waals surface area contributed by atoms with Crippen LogP contribution in [0.5, 0.6) is 0 Å². The topological polar surface area (TPSA) is 54.7 Å². The normalized spacial score (nSPS) is 10.8. The van der Waals surface area contributed by atoms with E-state index in [1.54, 1.807) is 0 Å². The number of nitrogen functional groups attached to an aromatic ring is 1. The quantitative estimate of drug-likeness (QED) is 0.670. The smallest absolute Gasteiger partial charge is 0.153 e. The van der Waals surface area contributed by atoms with Crippen molar-refractivity contribution < 1.29 is 0 Å². The van der Waals surface area contributed by atoms with Crippen molar-refractivity contribution in [3.8, 4) is 22.4 Å². The molecule has 0 aliphatic carbocycles. The summed E-state index contributed by atoms with van der Waals surface area (Å²) in [5.41, 5.74) is 11.0. The molecule has 0 saturated carbocycles. The standard InChI is InChI=1S/C16H13BrClN3/c1-9-3-2-4-10(7-9)14-15(20-21-16(14)19)11-5-6-13(18)12(17)8-11/h2-8H,1H3,(H3,19,20,21). The Morgan fingerprint density at radius 2 is 1.95 bits per heavy atom. The number of aromatic amines is 1. The van der Waals surface area contributed by atoms with Crippen LogP contribution in [0.25, 0.3) is 22.4 Å². The van der Waals surface area contributed by atoms with Gasteiger partial charge in [0.05, 0.1) is 16.3 Å². The molecule has 0 radical (unpaired) electrons. The monoisotopic (exact) mass is 361 g/mol. The van der Waals surface area contributed by atoms with Gasteiger partial charge in [0.15, 0.2) is 5.82 Å². The van der Waals surface area contributed by atoms with Crippen LogP contribution < -0.4 is 5.73 Å². The minimum absolute atomic E-state index is 0.488. The first-order chi connectivity index (χ1) is 10.1. The summed E-state index contributed by atoms with van der Waals surface area (Å²) < 4.78 is 0.838. The molecule has 21 heavy (non-hydrogen) atoms. The van der Waals surface area contributed by atoms with E-state index in [9.17, 15) is 0 Å². The Hall–Kier alpha value is -1.78. The third-order valence-corrected chi connectivity index (χ3v) is 4.52. The molecule has 0 fully saturated rings. The molecule has 3 aromatic rings. The molecule has 0 spiro atoms. The molecule has 0 amide bonds. The van der Waals surface area contributed by atoms with Gasteiger partial charge in [-0.1, -0.05) is 47.5 Å². The van der Waals surface area contributed by atoms with Gasteiger partial charge in [-0.2, -0.15) is 5.10 Å². The van der Waals surface area contributed by atoms with Crippen molar-refractivity contribution in [1.82, 2.24) is 10.2 Å². The fourth-order valence-corrected chi connectivity index (χ4v) is 2.81. The van der Waals surface area contributed by atoms with Gasteiger partial charge in [-0.05, 0) is 40.5 Å². The number of halogens is 2. The van der Waals surface area contributed by atoms with E-state index in [-0.39, 0.29) is 0 Å². The Morgan fingerprint density at radius 3 is 2.67 bits per heavy atom. The zero-order valence-corrected chi connectivity index (χ0v) is 13.7. The molecule has 0 bridgehead atoms. The molecule has 0 atom stereocenters. The molecule has 3 nitrogen and oxygen atoms in total.